The molecule has 0 aliphatic rings. The third kappa shape index (κ3) is 2.52. The highest BCUT2D eigenvalue weighted by Gasteiger charge is 2.11. The highest BCUT2D eigenvalue weighted by atomic mass is 79.9. The van der Waals surface area contributed by atoms with Gasteiger partial charge in [0.1, 0.15) is 5.58 Å². The van der Waals surface area contributed by atoms with Crippen LogP contribution in [0.5, 0.6) is 11.5 Å². The Morgan fingerprint density at radius 2 is 1.86 bits per heavy atom. The van der Waals surface area contributed by atoms with E-state index in [0.717, 1.165) is 10.0 Å². The van der Waals surface area contributed by atoms with Crippen LogP contribution in [0.15, 0.2) is 56.1 Å². The predicted octanol–water partition coefficient (Wildman–Crippen LogP) is 3.94. The maximum Gasteiger partial charge on any atom is 0.344 e. The number of phenolic OH excluding ortho intramolecular Hbond substituents is 1. The molecule has 1 N–H and O–H groups in total. The molecule has 0 aliphatic heterocycles. The number of methoxy groups -OCH3 is 1. The van der Waals surface area contributed by atoms with Crippen LogP contribution in [0, 0.1) is 0 Å². The number of halogens is 1. The summed E-state index contributed by atoms with van der Waals surface area (Å²) in [6, 6.07) is 12.1. The van der Waals surface area contributed by atoms with Crippen molar-refractivity contribution in [2.75, 3.05) is 7.11 Å². The zero-order valence-corrected chi connectivity index (χ0v) is 12.7. The summed E-state index contributed by atoms with van der Waals surface area (Å²) >= 11 is 3.36. The van der Waals surface area contributed by atoms with Crippen molar-refractivity contribution in [3.8, 4) is 22.6 Å². The molecule has 0 amide bonds. The fraction of sp³-hybridized carbons (Fsp3) is 0.0625. The van der Waals surface area contributed by atoms with Crippen LogP contribution in [0.1, 0.15) is 0 Å². The Kier molecular flexibility index (Phi) is 3.43. The van der Waals surface area contributed by atoms with E-state index in [1.807, 2.05) is 24.3 Å². The second-order valence-electron chi connectivity index (χ2n) is 4.52. The van der Waals surface area contributed by atoms with Crippen molar-refractivity contribution in [1.29, 1.82) is 0 Å². The summed E-state index contributed by atoms with van der Waals surface area (Å²) in [5.74, 6) is 0.266. The zero-order valence-electron chi connectivity index (χ0n) is 11.1. The standard InChI is InChI=1S/C16H11BrO4/c1-20-15-7-10-6-12(9-2-4-11(17)5-3-9)16(19)21-14(10)8-13(15)18/h2-8,18H,1H3. The molecule has 0 aliphatic carbocycles. The summed E-state index contributed by atoms with van der Waals surface area (Å²) < 4.78 is 11.3. The molecule has 0 bridgehead atoms. The molecule has 0 spiro atoms. The number of benzene rings is 2. The Morgan fingerprint density at radius 1 is 1.14 bits per heavy atom. The molecule has 0 saturated carbocycles. The van der Waals surface area contributed by atoms with E-state index in [2.05, 4.69) is 15.9 Å². The molecule has 2 aromatic carbocycles. The number of phenols is 1. The lowest BCUT2D eigenvalue weighted by atomic mass is 10.1. The van der Waals surface area contributed by atoms with Gasteiger partial charge in [0.25, 0.3) is 0 Å². The van der Waals surface area contributed by atoms with Gasteiger partial charge in [-0.3, -0.25) is 0 Å². The van der Waals surface area contributed by atoms with Crippen molar-refractivity contribution in [1.82, 2.24) is 0 Å². The quantitative estimate of drug-likeness (QED) is 0.714. The van der Waals surface area contributed by atoms with Crippen molar-refractivity contribution < 1.29 is 14.3 Å². The maximum absolute atomic E-state index is 12.1. The van der Waals surface area contributed by atoms with E-state index in [0.29, 0.717) is 22.3 Å². The second kappa shape index (κ2) is 5.26. The molecular weight excluding hydrogens is 336 g/mol. The average molecular weight is 347 g/mol. The monoisotopic (exact) mass is 346 g/mol. The van der Waals surface area contributed by atoms with E-state index < -0.39 is 5.63 Å². The summed E-state index contributed by atoms with van der Waals surface area (Å²) in [5, 5.41) is 10.4. The van der Waals surface area contributed by atoms with Gasteiger partial charge in [-0.25, -0.2) is 4.79 Å². The molecule has 0 radical (unpaired) electrons. The Labute approximate surface area is 128 Å². The van der Waals surface area contributed by atoms with Gasteiger partial charge in [-0.05, 0) is 29.8 Å². The van der Waals surface area contributed by atoms with Gasteiger partial charge in [-0.2, -0.15) is 0 Å². The van der Waals surface area contributed by atoms with E-state index in [9.17, 15) is 9.90 Å². The van der Waals surface area contributed by atoms with Crippen LogP contribution in [-0.2, 0) is 0 Å². The molecule has 0 atom stereocenters. The second-order valence-corrected chi connectivity index (χ2v) is 5.43. The molecule has 0 fully saturated rings. The zero-order chi connectivity index (χ0) is 15.0. The van der Waals surface area contributed by atoms with Crippen LogP contribution >= 0.6 is 15.9 Å². The third-order valence-electron chi connectivity index (χ3n) is 3.19. The summed E-state index contributed by atoms with van der Waals surface area (Å²) in [4.78, 5) is 12.1. The first-order valence-corrected chi connectivity index (χ1v) is 6.98. The van der Waals surface area contributed by atoms with Crippen molar-refractivity contribution in [2.45, 2.75) is 0 Å². The third-order valence-corrected chi connectivity index (χ3v) is 3.72. The Bertz CT molecular complexity index is 866. The molecule has 1 aromatic heterocycles. The number of fused-ring (bicyclic) bond motifs is 1. The first-order valence-electron chi connectivity index (χ1n) is 6.19. The highest BCUT2D eigenvalue weighted by molar-refractivity contribution is 9.10. The van der Waals surface area contributed by atoms with E-state index in [1.165, 1.54) is 13.2 Å². The lowest BCUT2D eigenvalue weighted by molar-refractivity contribution is 0.373. The lowest BCUT2D eigenvalue weighted by Crippen LogP contribution is -2.02. The Hall–Kier alpha value is -2.27. The van der Waals surface area contributed by atoms with Crippen LogP contribution in [0.4, 0.5) is 0 Å². The SMILES string of the molecule is COc1cc2cc(-c3ccc(Br)cc3)c(=O)oc2cc1O. The summed E-state index contributed by atoms with van der Waals surface area (Å²) in [6.07, 6.45) is 0. The number of hydrogen-bond donors (Lipinski definition) is 1. The normalized spacial score (nSPS) is 10.8. The van der Waals surface area contributed by atoms with Crippen molar-refractivity contribution in [3.63, 3.8) is 0 Å². The van der Waals surface area contributed by atoms with Gasteiger partial charge in [-0.15, -0.1) is 0 Å². The minimum Gasteiger partial charge on any atom is -0.504 e. The molecule has 0 unspecified atom stereocenters. The minimum absolute atomic E-state index is 0.0652. The molecule has 0 saturated heterocycles. The molecular formula is C16H11BrO4. The molecule has 106 valence electrons. The van der Waals surface area contributed by atoms with Crippen LogP contribution in [0.2, 0.25) is 0 Å². The fourth-order valence-electron chi connectivity index (χ4n) is 2.13. The van der Waals surface area contributed by atoms with Crippen molar-refractivity contribution >= 4 is 26.9 Å². The van der Waals surface area contributed by atoms with Crippen LogP contribution in [0.25, 0.3) is 22.1 Å². The van der Waals surface area contributed by atoms with Crippen LogP contribution in [-0.4, -0.2) is 12.2 Å². The fourth-order valence-corrected chi connectivity index (χ4v) is 2.39. The van der Waals surface area contributed by atoms with Gasteiger partial charge in [0, 0.05) is 15.9 Å². The van der Waals surface area contributed by atoms with Crippen LogP contribution in [0.3, 0.4) is 0 Å². The average Bonchev–Trinajstić information content (AvgIpc) is 2.47. The first-order chi connectivity index (χ1) is 10.1. The van der Waals surface area contributed by atoms with E-state index in [4.69, 9.17) is 9.15 Å². The molecule has 3 rings (SSSR count). The summed E-state index contributed by atoms with van der Waals surface area (Å²) in [7, 11) is 1.47. The number of rotatable bonds is 2. The first kappa shape index (κ1) is 13.7. The number of aromatic hydroxyl groups is 1. The summed E-state index contributed by atoms with van der Waals surface area (Å²) in [6.45, 7) is 0. The van der Waals surface area contributed by atoms with Gasteiger partial charge in [-0.1, -0.05) is 28.1 Å². The molecule has 5 heteroatoms. The summed E-state index contributed by atoms with van der Waals surface area (Å²) in [5.41, 5.74) is 1.09. The smallest absolute Gasteiger partial charge is 0.344 e. The predicted molar refractivity (Wildman–Crippen MR) is 83.8 cm³/mol. The van der Waals surface area contributed by atoms with Gasteiger partial charge in [0.15, 0.2) is 11.5 Å². The van der Waals surface area contributed by atoms with Gasteiger partial charge < -0.3 is 14.3 Å². The molecule has 1 heterocycles. The van der Waals surface area contributed by atoms with E-state index >= 15 is 0 Å². The van der Waals surface area contributed by atoms with Crippen molar-refractivity contribution in [2.24, 2.45) is 0 Å². The maximum atomic E-state index is 12.1. The Balaban J connectivity index is 2.24. The number of hydrogen-bond acceptors (Lipinski definition) is 4. The topological polar surface area (TPSA) is 59.7 Å². The Morgan fingerprint density at radius 3 is 2.52 bits per heavy atom. The lowest BCUT2D eigenvalue weighted by Gasteiger charge is -2.06. The molecule has 4 nitrogen and oxygen atoms in total. The molecule has 21 heavy (non-hydrogen) atoms. The number of ether oxygens (including phenoxy) is 1. The van der Waals surface area contributed by atoms with Gasteiger partial charge in [0.05, 0.1) is 12.7 Å². The highest BCUT2D eigenvalue weighted by Crippen LogP contribution is 2.32. The largest absolute Gasteiger partial charge is 0.504 e. The molecule has 3 aromatic rings. The van der Waals surface area contributed by atoms with Crippen LogP contribution < -0.4 is 10.4 Å². The van der Waals surface area contributed by atoms with Gasteiger partial charge in [0.2, 0.25) is 0 Å². The van der Waals surface area contributed by atoms with Crippen molar-refractivity contribution in [3.05, 3.63) is 57.4 Å². The van der Waals surface area contributed by atoms with E-state index in [1.54, 1.807) is 12.1 Å². The van der Waals surface area contributed by atoms with E-state index in [-0.39, 0.29) is 5.75 Å². The minimum atomic E-state index is -0.450. The van der Waals surface area contributed by atoms with Gasteiger partial charge >= 0.3 is 5.63 Å².